The van der Waals surface area contributed by atoms with Gasteiger partial charge in [0.2, 0.25) is 0 Å². The monoisotopic (exact) mass is 222 g/mol. The molecule has 0 spiro atoms. The van der Waals surface area contributed by atoms with Crippen LogP contribution in [-0.4, -0.2) is 14.7 Å². The highest BCUT2D eigenvalue weighted by Crippen LogP contribution is 2.21. The van der Waals surface area contributed by atoms with E-state index in [9.17, 15) is 8.42 Å². The molecule has 0 bridgehead atoms. The fraction of sp³-hybridized carbons (Fsp3) is 0.0909. The normalized spacial score (nSPS) is 11.5. The van der Waals surface area contributed by atoms with Crippen molar-refractivity contribution in [2.75, 3.05) is 6.26 Å². The van der Waals surface area contributed by atoms with Gasteiger partial charge in [-0.1, -0.05) is 0 Å². The molecule has 0 atom stereocenters. The maximum absolute atomic E-state index is 11.2. The van der Waals surface area contributed by atoms with E-state index >= 15 is 0 Å². The molecule has 15 heavy (non-hydrogen) atoms. The smallest absolute Gasteiger partial charge is 0.175 e. The van der Waals surface area contributed by atoms with Crippen LogP contribution in [0.2, 0.25) is 0 Å². The van der Waals surface area contributed by atoms with E-state index in [2.05, 4.69) is 0 Å². The van der Waals surface area contributed by atoms with E-state index in [1.807, 2.05) is 6.07 Å². The lowest BCUT2D eigenvalue weighted by Crippen LogP contribution is -1.95. The molecule has 0 amide bonds. The second-order valence-corrected chi connectivity index (χ2v) is 5.29. The molecule has 0 radical (unpaired) electrons. The van der Waals surface area contributed by atoms with Crippen molar-refractivity contribution in [2.45, 2.75) is 4.90 Å². The summed E-state index contributed by atoms with van der Waals surface area (Å²) in [7, 11) is -3.12. The Kier molecular flexibility index (Phi) is 2.36. The van der Waals surface area contributed by atoms with Gasteiger partial charge in [0.05, 0.1) is 11.2 Å². The minimum atomic E-state index is -3.12. The van der Waals surface area contributed by atoms with E-state index in [-0.39, 0.29) is 0 Å². The molecule has 1 heterocycles. The average molecular weight is 222 g/mol. The standard InChI is InChI=1S/C11H10O3S/c1-15(12,13)10-6-4-9(5-7-10)11-3-2-8-14-11/h2-8H,1H3. The highest BCUT2D eigenvalue weighted by atomic mass is 32.2. The Morgan fingerprint density at radius 2 is 1.73 bits per heavy atom. The van der Waals surface area contributed by atoms with E-state index < -0.39 is 9.84 Å². The first-order chi connectivity index (χ1) is 7.07. The molecule has 1 aromatic carbocycles. The molecule has 0 saturated heterocycles. The van der Waals surface area contributed by atoms with Crippen LogP contribution in [0.4, 0.5) is 0 Å². The van der Waals surface area contributed by atoms with Crippen molar-refractivity contribution in [1.29, 1.82) is 0 Å². The third kappa shape index (κ3) is 2.10. The number of sulfone groups is 1. The first-order valence-electron chi connectivity index (χ1n) is 4.41. The topological polar surface area (TPSA) is 47.3 Å². The average Bonchev–Trinajstić information content (AvgIpc) is 2.69. The van der Waals surface area contributed by atoms with E-state index in [0.717, 1.165) is 11.3 Å². The maximum atomic E-state index is 11.2. The number of hydrogen-bond donors (Lipinski definition) is 0. The molecule has 0 N–H and O–H groups in total. The van der Waals surface area contributed by atoms with Crippen LogP contribution in [0, 0.1) is 0 Å². The van der Waals surface area contributed by atoms with Gasteiger partial charge in [-0.05, 0) is 36.4 Å². The van der Waals surface area contributed by atoms with E-state index in [1.54, 1.807) is 36.6 Å². The quantitative estimate of drug-likeness (QED) is 0.783. The highest BCUT2D eigenvalue weighted by Gasteiger charge is 2.07. The van der Waals surface area contributed by atoms with Crippen molar-refractivity contribution >= 4 is 9.84 Å². The molecule has 0 aliphatic heterocycles. The fourth-order valence-corrected chi connectivity index (χ4v) is 1.94. The maximum Gasteiger partial charge on any atom is 0.175 e. The van der Waals surface area contributed by atoms with Gasteiger partial charge < -0.3 is 4.42 Å². The zero-order valence-corrected chi connectivity index (χ0v) is 8.99. The van der Waals surface area contributed by atoms with Gasteiger partial charge >= 0.3 is 0 Å². The number of hydrogen-bond acceptors (Lipinski definition) is 3. The van der Waals surface area contributed by atoms with Gasteiger partial charge in [0, 0.05) is 11.8 Å². The van der Waals surface area contributed by atoms with Crippen LogP contribution in [0.3, 0.4) is 0 Å². The van der Waals surface area contributed by atoms with Crippen LogP contribution >= 0.6 is 0 Å². The Morgan fingerprint density at radius 3 is 2.20 bits per heavy atom. The molecule has 0 fully saturated rings. The van der Waals surface area contributed by atoms with Gasteiger partial charge in [-0.3, -0.25) is 0 Å². The predicted molar refractivity (Wildman–Crippen MR) is 57.3 cm³/mol. The van der Waals surface area contributed by atoms with Crippen molar-refractivity contribution in [3.05, 3.63) is 42.7 Å². The summed E-state index contributed by atoms with van der Waals surface area (Å²) >= 11 is 0. The molecule has 4 heteroatoms. The van der Waals surface area contributed by atoms with Crippen molar-refractivity contribution < 1.29 is 12.8 Å². The predicted octanol–water partition coefficient (Wildman–Crippen LogP) is 2.35. The number of benzene rings is 1. The molecule has 2 aromatic rings. The summed E-state index contributed by atoms with van der Waals surface area (Å²) in [5.74, 6) is 0.732. The third-order valence-electron chi connectivity index (χ3n) is 2.09. The Morgan fingerprint density at radius 1 is 1.07 bits per heavy atom. The van der Waals surface area contributed by atoms with Crippen LogP contribution in [0.15, 0.2) is 52.0 Å². The Labute approximate surface area is 88.3 Å². The van der Waals surface area contributed by atoms with E-state index in [4.69, 9.17) is 4.42 Å². The minimum Gasteiger partial charge on any atom is -0.464 e. The van der Waals surface area contributed by atoms with Crippen LogP contribution in [0.25, 0.3) is 11.3 Å². The van der Waals surface area contributed by atoms with E-state index in [0.29, 0.717) is 4.90 Å². The number of rotatable bonds is 2. The summed E-state index contributed by atoms with van der Waals surface area (Å²) in [6.45, 7) is 0. The summed E-state index contributed by atoms with van der Waals surface area (Å²) in [4.78, 5) is 0.317. The zero-order valence-electron chi connectivity index (χ0n) is 8.17. The summed E-state index contributed by atoms with van der Waals surface area (Å²) in [5.41, 5.74) is 0.868. The van der Waals surface area contributed by atoms with E-state index in [1.165, 1.54) is 6.26 Å². The molecular formula is C11H10O3S. The first kappa shape index (κ1) is 9.98. The molecule has 1 aromatic heterocycles. The molecule has 3 nitrogen and oxygen atoms in total. The summed E-state index contributed by atoms with van der Waals surface area (Å²) < 4.78 is 27.6. The second-order valence-electron chi connectivity index (χ2n) is 3.27. The number of furan rings is 1. The molecular weight excluding hydrogens is 212 g/mol. The molecule has 2 rings (SSSR count). The van der Waals surface area contributed by atoms with Crippen LogP contribution in [0.1, 0.15) is 0 Å². The first-order valence-corrected chi connectivity index (χ1v) is 6.30. The summed E-state index contributed by atoms with van der Waals surface area (Å²) in [5, 5.41) is 0. The van der Waals surface area contributed by atoms with Crippen molar-refractivity contribution in [3.8, 4) is 11.3 Å². The molecule has 0 saturated carbocycles. The largest absolute Gasteiger partial charge is 0.464 e. The fourth-order valence-electron chi connectivity index (χ4n) is 1.31. The highest BCUT2D eigenvalue weighted by molar-refractivity contribution is 7.90. The molecule has 0 unspecified atom stereocenters. The molecule has 0 aliphatic rings. The lowest BCUT2D eigenvalue weighted by atomic mass is 10.2. The second kappa shape index (κ2) is 3.55. The van der Waals surface area contributed by atoms with Crippen molar-refractivity contribution in [1.82, 2.24) is 0 Å². The third-order valence-corrected chi connectivity index (χ3v) is 3.22. The van der Waals surface area contributed by atoms with Crippen LogP contribution in [-0.2, 0) is 9.84 Å². The molecule has 0 aliphatic carbocycles. The van der Waals surface area contributed by atoms with Crippen molar-refractivity contribution in [3.63, 3.8) is 0 Å². The van der Waals surface area contributed by atoms with Gasteiger partial charge in [-0.2, -0.15) is 0 Å². The Bertz CT molecular complexity index is 536. The van der Waals surface area contributed by atoms with Crippen LogP contribution < -0.4 is 0 Å². The lowest BCUT2D eigenvalue weighted by Gasteiger charge is -1.99. The Hall–Kier alpha value is -1.55. The van der Waals surface area contributed by atoms with Crippen LogP contribution in [0.5, 0.6) is 0 Å². The van der Waals surface area contributed by atoms with Gasteiger partial charge in [0.25, 0.3) is 0 Å². The van der Waals surface area contributed by atoms with Gasteiger partial charge in [-0.15, -0.1) is 0 Å². The van der Waals surface area contributed by atoms with Gasteiger partial charge in [0.1, 0.15) is 5.76 Å². The molecule has 78 valence electrons. The van der Waals surface area contributed by atoms with Crippen molar-refractivity contribution in [2.24, 2.45) is 0 Å². The zero-order chi connectivity index (χ0) is 10.9. The van der Waals surface area contributed by atoms with Gasteiger partial charge in [0.15, 0.2) is 9.84 Å². The minimum absolute atomic E-state index is 0.317. The summed E-state index contributed by atoms with van der Waals surface area (Å²) in [6, 6.07) is 10.2. The SMILES string of the molecule is CS(=O)(=O)c1ccc(-c2ccco2)cc1. The lowest BCUT2D eigenvalue weighted by molar-refractivity contribution is 0.582. The summed E-state index contributed by atoms with van der Waals surface area (Å²) in [6.07, 6.45) is 2.77. The Balaban J connectivity index is 2.42. The van der Waals surface area contributed by atoms with Gasteiger partial charge in [-0.25, -0.2) is 8.42 Å².